The minimum absolute atomic E-state index is 0.135. The van der Waals surface area contributed by atoms with Crippen LogP contribution in [-0.4, -0.2) is 18.0 Å². The lowest BCUT2D eigenvalue weighted by molar-refractivity contribution is 0.0940. The van der Waals surface area contributed by atoms with Crippen molar-refractivity contribution in [3.63, 3.8) is 0 Å². The van der Waals surface area contributed by atoms with E-state index >= 15 is 0 Å². The predicted molar refractivity (Wildman–Crippen MR) is 80.1 cm³/mol. The van der Waals surface area contributed by atoms with E-state index < -0.39 is 0 Å². The van der Waals surface area contributed by atoms with Gasteiger partial charge in [-0.1, -0.05) is 0 Å². The number of amides is 1. The summed E-state index contributed by atoms with van der Waals surface area (Å²) < 4.78 is 5.07. The van der Waals surface area contributed by atoms with Gasteiger partial charge in [0, 0.05) is 16.6 Å². The average Bonchev–Trinajstić information content (AvgIpc) is 2.85. The second-order valence-corrected chi connectivity index (χ2v) is 5.37. The van der Waals surface area contributed by atoms with Gasteiger partial charge in [-0.05, 0) is 32.0 Å². The number of benzene rings is 1. The highest BCUT2D eigenvalue weighted by Gasteiger charge is 2.15. The second kappa shape index (κ2) is 5.92. The van der Waals surface area contributed by atoms with Crippen molar-refractivity contribution >= 4 is 22.9 Å². The monoisotopic (exact) mass is 291 g/mol. The molecule has 2 aromatic rings. The van der Waals surface area contributed by atoms with E-state index in [2.05, 4.69) is 10.3 Å². The Morgan fingerprint density at radius 2 is 2.25 bits per heavy atom. The van der Waals surface area contributed by atoms with Crippen LogP contribution in [0.25, 0.3) is 0 Å². The van der Waals surface area contributed by atoms with Crippen LogP contribution in [0.5, 0.6) is 5.75 Å². The first-order valence-corrected chi connectivity index (χ1v) is 7.05. The van der Waals surface area contributed by atoms with Crippen LogP contribution in [0.15, 0.2) is 23.6 Å². The molecule has 1 atom stereocenters. The molecule has 6 heteroatoms. The number of aromatic nitrogens is 1. The Labute approximate surface area is 121 Å². The van der Waals surface area contributed by atoms with Crippen LogP contribution in [0.3, 0.4) is 0 Å². The second-order valence-electron chi connectivity index (χ2n) is 4.48. The maximum Gasteiger partial charge on any atom is 0.251 e. The standard InChI is InChI=1S/C14H17N3O2S/c1-8-7-20-14(16-8)9(2)17-13(18)10-4-5-12(19-3)11(15)6-10/h4-7,9H,15H2,1-3H3,(H,17,18). The van der Waals surface area contributed by atoms with Crippen molar-refractivity contribution < 1.29 is 9.53 Å². The zero-order chi connectivity index (χ0) is 14.7. The molecule has 106 valence electrons. The lowest BCUT2D eigenvalue weighted by Crippen LogP contribution is -2.26. The van der Waals surface area contributed by atoms with E-state index in [1.54, 1.807) is 18.2 Å². The van der Waals surface area contributed by atoms with Crippen LogP contribution in [0.2, 0.25) is 0 Å². The number of hydrogen-bond donors (Lipinski definition) is 2. The molecular formula is C14H17N3O2S. The number of aryl methyl sites for hydroxylation is 1. The molecule has 0 aliphatic rings. The molecule has 0 radical (unpaired) electrons. The van der Waals surface area contributed by atoms with Crippen molar-refractivity contribution in [3.8, 4) is 5.75 Å². The minimum Gasteiger partial charge on any atom is -0.495 e. The van der Waals surface area contributed by atoms with Crippen molar-refractivity contribution in [2.75, 3.05) is 12.8 Å². The van der Waals surface area contributed by atoms with Crippen LogP contribution in [0.4, 0.5) is 5.69 Å². The van der Waals surface area contributed by atoms with E-state index in [-0.39, 0.29) is 11.9 Å². The zero-order valence-electron chi connectivity index (χ0n) is 11.6. The van der Waals surface area contributed by atoms with Crippen LogP contribution in [-0.2, 0) is 0 Å². The summed E-state index contributed by atoms with van der Waals surface area (Å²) in [5.41, 5.74) is 7.70. The topological polar surface area (TPSA) is 77.2 Å². The summed E-state index contributed by atoms with van der Waals surface area (Å²) in [6.45, 7) is 3.84. The minimum atomic E-state index is -0.181. The van der Waals surface area contributed by atoms with Crippen molar-refractivity contribution in [1.29, 1.82) is 0 Å². The summed E-state index contributed by atoms with van der Waals surface area (Å²) in [5, 5.41) is 5.75. The Bertz CT molecular complexity index is 625. The summed E-state index contributed by atoms with van der Waals surface area (Å²) in [6.07, 6.45) is 0. The summed E-state index contributed by atoms with van der Waals surface area (Å²) in [7, 11) is 1.54. The number of nitrogens with two attached hydrogens (primary N) is 1. The highest BCUT2D eigenvalue weighted by Crippen LogP contribution is 2.23. The number of carbonyl (C=O) groups excluding carboxylic acids is 1. The Morgan fingerprint density at radius 1 is 1.50 bits per heavy atom. The number of nitrogens with one attached hydrogen (secondary N) is 1. The molecule has 0 bridgehead atoms. The van der Waals surface area contributed by atoms with Gasteiger partial charge in [0.2, 0.25) is 0 Å². The zero-order valence-corrected chi connectivity index (χ0v) is 12.5. The third-order valence-corrected chi connectivity index (χ3v) is 3.99. The molecule has 1 unspecified atom stereocenters. The number of methoxy groups -OCH3 is 1. The van der Waals surface area contributed by atoms with Gasteiger partial charge in [-0.2, -0.15) is 0 Å². The Balaban J connectivity index is 2.10. The number of nitrogens with zero attached hydrogens (tertiary/aromatic N) is 1. The number of rotatable bonds is 4. The van der Waals surface area contributed by atoms with Crippen LogP contribution < -0.4 is 15.8 Å². The number of thiazole rings is 1. The smallest absolute Gasteiger partial charge is 0.251 e. The van der Waals surface area contributed by atoms with Gasteiger partial charge >= 0.3 is 0 Å². The molecule has 0 saturated heterocycles. The van der Waals surface area contributed by atoms with Crippen LogP contribution in [0.1, 0.15) is 34.0 Å². The normalized spacial score (nSPS) is 11.9. The first-order chi connectivity index (χ1) is 9.51. The number of hydrogen-bond acceptors (Lipinski definition) is 5. The van der Waals surface area contributed by atoms with E-state index in [0.29, 0.717) is 17.0 Å². The molecule has 0 spiro atoms. The van der Waals surface area contributed by atoms with E-state index in [1.165, 1.54) is 18.4 Å². The molecular weight excluding hydrogens is 274 g/mol. The molecule has 1 aromatic carbocycles. The molecule has 5 nitrogen and oxygen atoms in total. The lowest BCUT2D eigenvalue weighted by Gasteiger charge is -2.12. The highest BCUT2D eigenvalue weighted by atomic mass is 32.1. The van der Waals surface area contributed by atoms with Gasteiger partial charge < -0.3 is 15.8 Å². The molecule has 0 fully saturated rings. The Hall–Kier alpha value is -2.08. The molecule has 1 amide bonds. The average molecular weight is 291 g/mol. The fraction of sp³-hybridized carbons (Fsp3) is 0.286. The fourth-order valence-corrected chi connectivity index (χ4v) is 2.59. The molecule has 1 heterocycles. The predicted octanol–water partition coefficient (Wildman–Crippen LogP) is 2.53. The van der Waals surface area contributed by atoms with Crippen LogP contribution >= 0.6 is 11.3 Å². The summed E-state index contributed by atoms with van der Waals surface area (Å²) in [4.78, 5) is 16.5. The molecule has 20 heavy (non-hydrogen) atoms. The molecule has 2 rings (SSSR count). The maximum absolute atomic E-state index is 12.2. The molecule has 0 saturated carbocycles. The molecule has 3 N–H and O–H groups in total. The Kier molecular flexibility index (Phi) is 4.24. The van der Waals surface area contributed by atoms with Crippen molar-refractivity contribution in [1.82, 2.24) is 10.3 Å². The van der Waals surface area contributed by atoms with Gasteiger partial charge in [0.15, 0.2) is 0 Å². The third-order valence-electron chi connectivity index (χ3n) is 2.85. The largest absolute Gasteiger partial charge is 0.495 e. The summed E-state index contributed by atoms with van der Waals surface area (Å²) >= 11 is 1.53. The van der Waals surface area contributed by atoms with E-state index in [9.17, 15) is 4.79 Å². The molecule has 0 aliphatic heterocycles. The van der Waals surface area contributed by atoms with Gasteiger partial charge in [0.05, 0.1) is 18.8 Å². The highest BCUT2D eigenvalue weighted by molar-refractivity contribution is 7.09. The maximum atomic E-state index is 12.2. The number of ether oxygens (including phenoxy) is 1. The Morgan fingerprint density at radius 3 is 2.80 bits per heavy atom. The summed E-state index contributed by atoms with van der Waals surface area (Å²) in [6, 6.07) is 4.84. The fourth-order valence-electron chi connectivity index (χ4n) is 1.79. The van der Waals surface area contributed by atoms with E-state index in [4.69, 9.17) is 10.5 Å². The number of nitrogen functional groups attached to an aromatic ring is 1. The van der Waals surface area contributed by atoms with Gasteiger partial charge in [-0.15, -0.1) is 11.3 Å². The van der Waals surface area contributed by atoms with Gasteiger partial charge in [0.1, 0.15) is 10.8 Å². The van der Waals surface area contributed by atoms with Crippen molar-refractivity contribution in [2.45, 2.75) is 19.9 Å². The van der Waals surface area contributed by atoms with Gasteiger partial charge in [0.25, 0.3) is 5.91 Å². The van der Waals surface area contributed by atoms with Crippen LogP contribution in [0, 0.1) is 6.92 Å². The quantitative estimate of drug-likeness (QED) is 0.849. The first-order valence-electron chi connectivity index (χ1n) is 6.17. The first kappa shape index (κ1) is 14.3. The van der Waals surface area contributed by atoms with Gasteiger partial charge in [-0.25, -0.2) is 4.98 Å². The van der Waals surface area contributed by atoms with Crippen molar-refractivity contribution in [2.24, 2.45) is 0 Å². The number of carbonyl (C=O) groups is 1. The van der Waals surface area contributed by atoms with Crippen molar-refractivity contribution in [3.05, 3.63) is 39.8 Å². The van der Waals surface area contributed by atoms with Gasteiger partial charge in [-0.3, -0.25) is 4.79 Å². The van der Waals surface area contributed by atoms with E-state index in [0.717, 1.165) is 10.7 Å². The molecule has 0 aliphatic carbocycles. The SMILES string of the molecule is COc1ccc(C(=O)NC(C)c2nc(C)cs2)cc1N. The molecule has 1 aromatic heterocycles. The van der Waals surface area contributed by atoms with E-state index in [1.807, 2.05) is 19.2 Å². The number of anilines is 1. The lowest BCUT2D eigenvalue weighted by atomic mass is 10.1. The summed E-state index contributed by atoms with van der Waals surface area (Å²) in [5.74, 6) is 0.379. The third kappa shape index (κ3) is 3.08.